The quantitative estimate of drug-likeness (QED) is 0.424. The summed E-state index contributed by atoms with van der Waals surface area (Å²) in [4.78, 5) is 47.7. The highest BCUT2D eigenvalue weighted by Gasteiger charge is 2.31. The van der Waals surface area contributed by atoms with Crippen LogP contribution in [0.5, 0.6) is 0 Å². The Balaban J connectivity index is 1.48. The van der Waals surface area contributed by atoms with Crippen LogP contribution in [0, 0.1) is 0 Å². The maximum absolute atomic E-state index is 13.4. The molecule has 1 fully saturated rings. The lowest BCUT2D eigenvalue weighted by molar-refractivity contribution is -0.132. The van der Waals surface area contributed by atoms with Crippen molar-refractivity contribution < 1.29 is 4.79 Å². The normalized spacial score (nSPS) is 15.8. The van der Waals surface area contributed by atoms with Crippen molar-refractivity contribution in [2.45, 2.75) is 62.4 Å². The fourth-order valence-corrected chi connectivity index (χ4v) is 5.73. The summed E-state index contributed by atoms with van der Waals surface area (Å²) < 4.78 is 3.36. The number of imidazole rings is 1. The van der Waals surface area contributed by atoms with Crippen LogP contribution in [0.15, 0.2) is 45.1 Å². The highest BCUT2D eigenvalue weighted by molar-refractivity contribution is 8.00. The van der Waals surface area contributed by atoms with Gasteiger partial charge in [0.1, 0.15) is 0 Å². The molecule has 1 N–H and O–H groups in total. The first-order chi connectivity index (χ1) is 15.9. The van der Waals surface area contributed by atoms with Crippen LogP contribution < -0.4 is 11.2 Å². The Kier molecular flexibility index (Phi) is 7.07. The summed E-state index contributed by atoms with van der Waals surface area (Å²) in [6, 6.07) is 9.34. The van der Waals surface area contributed by atoms with E-state index in [9.17, 15) is 14.4 Å². The van der Waals surface area contributed by atoms with Gasteiger partial charge in [0.25, 0.3) is 5.56 Å². The van der Waals surface area contributed by atoms with Gasteiger partial charge >= 0.3 is 5.69 Å². The number of para-hydroxylation sites is 2. The van der Waals surface area contributed by atoms with Gasteiger partial charge in [-0.3, -0.25) is 18.7 Å². The van der Waals surface area contributed by atoms with E-state index in [1.165, 1.54) is 16.3 Å². The molecule has 0 saturated carbocycles. The maximum Gasteiger partial charge on any atom is 0.326 e. The van der Waals surface area contributed by atoms with Crippen molar-refractivity contribution in [1.29, 1.82) is 0 Å². The lowest BCUT2D eigenvalue weighted by Crippen LogP contribution is -2.44. The Bertz CT molecular complexity index is 1250. The molecule has 1 amide bonds. The van der Waals surface area contributed by atoms with E-state index in [0.717, 1.165) is 42.4 Å². The standard InChI is InChI=1S/C24H31N5O3S/c1-4-8-20(33-24-25-16(5-2)15-21(30)27(24)3)22(31)28-13-11-17(12-14-28)29-19-10-7-6-9-18(19)26-23(29)32/h6-7,9-10,15,17,20H,4-5,8,11-14H2,1-3H3,(H,26,32). The number of benzene rings is 1. The summed E-state index contributed by atoms with van der Waals surface area (Å²) in [5, 5.41) is 0.305. The third-order valence-electron chi connectivity index (χ3n) is 6.35. The number of carbonyl (C=O) groups excluding carboxylic acids is 1. The molecule has 0 bridgehead atoms. The van der Waals surface area contributed by atoms with Gasteiger partial charge in [0.15, 0.2) is 5.16 Å². The molecule has 3 aromatic rings. The number of H-pyrrole nitrogens is 1. The number of piperidine rings is 1. The minimum Gasteiger partial charge on any atom is -0.342 e. The van der Waals surface area contributed by atoms with Crippen LogP contribution in [0.25, 0.3) is 11.0 Å². The SMILES string of the molecule is CCCC(Sc1nc(CC)cc(=O)n1C)C(=O)N1CCC(n2c(=O)[nH]c3ccccc32)CC1. The van der Waals surface area contributed by atoms with Crippen molar-refractivity contribution in [1.82, 2.24) is 24.0 Å². The number of hydrogen-bond acceptors (Lipinski definition) is 5. The smallest absolute Gasteiger partial charge is 0.326 e. The van der Waals surface area contributed by atoms with E-state index >= 15 is 0 Å². The predicted octanol–water partition coefficient (Wildman–Crippen LogP) is 3.11. The molecule has 2 aromatic heterocycles. The summed E-state index contributed by atoms with van der Waals surface area (Å²) in [7, 11) is 1.70. The van der Waals surface area contributed by atoms with E-state index in [2.05, 4.69) is 16.9 Å². The number of thioether (sulfide) groups is 1. The Morgan fingerprint density at radius 2 is 1.94 bits per heavy atom. The van der Waals surface area contributed by atoms with E-state index in [1.54, 1.807) is 13.1 Å². The molecule has 4 rings (SSSR count). The molecule has 9 heteroatoms. The zero-order chi connectivity index (χ0) is 23.5. The highest BCUT2D eigenvalue weighted by Crippen LogP contribution is 2.29. The number of rotatable bonds is 7. The molecule has 1 aromatic carbocycles. The molecule has 0 spiro atoms. The van der Waals surface area contributed by atoms with Crippen LogP contribution in [0.2, 0.25) is 0 Å². The van der Waals surface area contributed by atoms with Crippen molar-refractivity contribution in [3.8, 4) is 0 Å². The average Bonchev–Trinajstić information content (AvgIpc) is 3.16. The molecule has 1 aliphatic rings. The summed E-state index contributed by atoms with van der Waals surface area (Å²) in [6.45, 7) is 5.24. The van der Waals surface area contributed by atoms with Gasteiger partial charge in [-0.1, -0.05) is 44.2 Å². The van der Waals surface area contributed by atoms with Gasteiger partial charge in [-0.05, 0) is 37.8 Å². The molecule has 1 atom stereocenters. The first-order valence-electron chi connectivity index (χ1n) is 11.6. The van der Waals surface area contributed by atoms with E-state index < -0.39 is 0 Å². The third-order valence-corrected chi connectivity index (χ3v) is 7.65. The molecule has 1 aliphatic heterocycles. The molecule has 3 heterocycles. The fraction of sp³-hybridized carbons (Fsp3) is 0.500. The van der Waals surface area contributed by atoms with Gasteiger partial charge in [-0.2, -0.15) is 0 Å². The van der Waals surface area contributed by atoms with Crippen molar-refractivity contribution in [2.75, 3.05) is 13.1 Å². The first-order valence-corrected chi connectivity index (χ1v) is 12.5. The summed E-state index contributed by atoms with van der Waals surface area (Å²) in [5.41, 5.74) is 2.30. The number of likely N-dealkylation sites (tertiary alicyclic amines) is 1. The average molecular weight is 470 g/mol. The second-order valence-corrected chi connectivity index (χ2v) is 9.72. The van der Waals surface area contributed by atoms with Crippen molar-refractivity contribution >= 4 is 28.7 Å². The second kappa shape index (κ2) is 9.99. The maximum atomic E-state index is 13.4. The molecule has 1 unspecified atom stereocenters. The fourth-order valence-electron chi connectivity index (χ4n) is 4.46. The molecule has 1 saturated heterocycles. The molecule has 0 radical (unpaired) electrons. The van der Waals surface area contributed by atoms with Crippen molar-refractivity contribution in [3.05, 3.63) is 56.9 Å². The van der Waals surface area contributed by atoms with Crippen LogP contribution in [0.3, 0.4) is 0 Å². The van der Waals surface area contributed by atoms with E-state index in [-0.39, 0.29) is 28.4 Å². The number of aromatic amines is 1. The van der Waals surface area contributed by atoms with Crippen LogP contribution in [-0.2, 0) is 18.3 Å². The van der Waals surface area contributed by atoms with E-state index in [4.69, 9.17) is 0 Å². The summed E-state index contributed by atoms with van der Waals surface area (Å²) in [5.74, 6) is 0.0859. The zero-order valence-electron chi connectivity index (χ0n) is 19.4. The summed E-state index contributed by atoms with van der Waals surface area (Å²) >= 11 is 1.39. The number of nitrogens with zero attached hydrogens (tertiary/aromatic N) is 4. The van der Waals surface area contributed by atoms with Gasteiger partial charge in [-0.15, -0.1) is 0 Å². The number of hydrogen-bond donors (Lipinski definition) is 1. The first kappa shape index (κ1) is 23.4. The molecule has 0 aliphatic carbocycles. The van der Waals surface area contributed by atoms with Crippen molar-refractivity contribution in [2.24, 2.45) is 7.05 Å². The van der Waals surface area contributed by atoms with Crippen LogP contribution in [0.1, 0.15) is 51.3 Å². The number of fused-ring (bicyclic) bond motifs is 1. The number of aromatic nitrogens is 4. The Morgan fingerprint density at radius 3 is 2.64 bits per heavy atom. The van der Waals surface area contributed by atoms with Crippen LogP contribution in [-0.4, -0.2) is 48.2 Å². The minimum absolute atomic E-state index is 0.0682. The van der Waals surface area contributed by atoms with Gasteiger partial charge in [0.2, 0.25) is 5.91 Å². The molecule has 176 valence electrons. The number of nitrogens with one attached hydrogen (secondary N) is 1. The van der Waals surface area contributed by atoms with Gasteiger partial charge in [0.05, 0.1) is 16.3 Å². The van der Waals surface area contributed by atoms with Gasteiger partial charge in [-0.25, -0.2) is 9.78 Å². The topological polar surface area (TPSA) is 93.0 Å². The Labute approximate surface area is 197 Å². The molecule has 8 nitrogen and oxygen atoms in total. The predicted molar refractivity (Wildman–Crippen MR) is 131 cm³/mol. The minimum atomic E-state index is -0.285. The summed E-state index contributed by atoms with van der Waals surface area (Å²) in [6.07, 6.45) is 3.73. The monoisotopic (exact) mass is 469 g/mol. The molecular formula is C24H31N5O3S. The van der Waals surface area contributed by atoms with Crippen LogP contribution >= 0.6 is 11.8 Å². The lowest BCUT2D eigenvalue weighted by Gasteiger charge is -2.34. The number of carbonyl (C=O) groups is 1. The highest BCUT2D eigenvalue weighted by atomic mass is 32.2. The van der Waals surface area contributed by atoms with E-state index in [0.29, 0.717) is 24.7 Å². The Morgan fingerprint density at radius 1 is 1.21 bits per heavy atom. The second-order valence-electron chi connectivity index (χ2n) is 8.55. The van der Waals surface area contributed by atoms with E-state index in [1.807, 2.05) is 40.7 Å². The molecule has 33 heavy (non-hydrogen) atoms. The molecular weight excluding hydrogens is 438 g/mol. The van der Waals surface area contributed by atoms with Gasteiger partial charge in [0, 0.05) is 37.9 Å². The Hall–Kier alpha value is -2.81. The number of aryl methyl sites for hydroxylation is 1. The number of amides is 1. The van der Waals surface area contributed by atoms with Crippen LogP contribution in [0.4, 0.5) is 0 Å². The third kappa shape index (κ3) is 4.78. The van der Waals surface area contributed by atoms with Crippen molar-refractivity contribution in [3.63, 3.8) is 0 Å². The van der Waals surface area contributed by atoms with Gasteiger partial charge < -0.3 is 9.88 Å². The lowest BCUT2D eigenvalue weighted by atomic mass is 10.0. The zero-order valence-corrected chi connectivity index (χ0v) is 20.2. The largest absolute Gasteiger partial charge is 0.342 e.